The van der Waals surface area contributed by atoms with Crippen LogP contribution >= 0.6 is 15.9 Å². The molecule has 0 fully saturated rings. The highest BCUT2D eigenvalue weighted by Crippen LogP contribution is 2.27. The Morgan fingerprint density at radius 1 is 1.20 bits per heavy atom. The zero-order chi connectivity index (χ0) is 14.3. The lowest BCUT2D eigenvalue weighted by Crippen LogP contribution is -1.93. The average Bonchev–Trinajstić information content (AvgIpc) is 2.79. The summed E-state index contributed by atoms with van der Waals surface area (Å²) in [6, 6.07) is 13.9. The molecular formula is C16H12BrN3. The van der Waals surface area contributed by atoms with Crippen molar-refractivity contribution >= 4 is 27.0 Å². The molecule has 0 saturated carbocycles. The summed E-state index contributed by atoms with van der Waals surface area (Å²) in [5, 5.41) is 8.99. The van der Waals surface area contributed by atoms with Gasteiger partial charge < -0.3 is 4.57 Å². The summed E-state index contributed by atoms with van der Waals surface area (Å²) in [5.41, 5.74) is 4.77. The maximum absolute atomic E-state index is 8.99. The lowest BCUT2D eigenvalue weighted by atomic mass is 10.1. The predicted molar refractivity (Wildman–Crippen MR) is 83.3 cm³/mol. The van der Waals surface area contributed by atoms with Crippen molar-refractivity contribution in [2.75, 3.05) is 0 Å². The second-order valence-electron chi connectivity index (χ2n) is 4.77. The Hall–Kier alpha value is -2.12. The van der Waals surface area contributed by atoms with Gasteiger partial charge in [0.25, 0.3) is 0 Å². The molecule has 0 saturated heterocycles. The first-order valence-electron chi connectivity index (χ1n) is 6.23. The van der Waals surface area contributed by atoms with Crippen molar-refractivity contribution in [2.45, 2.75) is 6.92 Å². The molecule has 0 unspecified atom stereocenters. The van der Waals surface area contributed by atoms with Gasteiger partial charge in [-0.15, -0.1) is 0 Å². The summed E-state index contributed by atoms with van der Waals surface area (Å²) in [7, 11) is 1.98. The molecule has 3 rings (SSSR count). The van der Waals surface area contributed by atoms with Gasteiger partial charge in [0.2, 0.25) is 0 Å². The largest absolute Gasteiger partial charge is 0.327 e. The third-order valence-electron chi connectivity index (χ3n) is 3.43. The molecule has 98 valence electrons. The zero-order valence-electron chi connectivity index (χ0n) is 11.2. The molecule has 0 aliphatic heterocycles. The third kappa shape index (κ3) is 2.00. The van der Waals surface area contributed by atoms with Crippen molar-refractivity contribution < 1.29 is 0 Å². The van der Waals surface area contributed by atoms with Crippen LogP contribution in [0, 0.1) is 18.3 Å². The first-order chi connectivity index (χ1) is 9.60. The standard InChI is InChI=1S/C16H12BrN3/c1-10-7-12(4-5-13(10)17)16-19-14-6-3-11(9-18)8-15(14)20(16)2/h3-8H,1-2H3. The molecule has 0 spiro atoms. The molecule has 0 bridgehead atoms. The highest BCUT2D eigenvalue weighted by Gasteiger charge is 2.11. The van der Waals surface area contributed by atoms with Crippen molar-refractivity contribution in [3.63, 3.8) is 0 Å². The Morgan fingerprint density at radius 2 is 2.00 bits per heavy atom. The Balaban J connectivity index is 2.24. The normalized spacial score (nSPS) is 10.7. The Labute approximate surface area is 125 Å². The highest BCUT2D eigenvalue weighted by atomic mass is 79.9. The molecule has 0 radical (unpaired) electrons. The third-order valence-corrected chi connectivity index (χ3v) is 4.32. The first-order valence-corrected chi connectivity index (χ1v) is 7.02. The Morgan fingerprint density at radius 3 is 2.70 bits per heavy atom. The number of fused-ring (bicyclic) bond motifs is 1. The number of rotatable bonds is 1. The molecular weight excluding hydrogens is 314 g/mol. The Kier molecular flexibility index (Phi) is 3.07. The van der Waals surface area contributed by atoms with Gasteiger partial charge in [-0.1, -0.05) is 22.0 Å². The van der Waals surface area contributed by atoms with Gasteiger partial charge in [-0.05, 0) is 42.8 Å². The van der Waals surface area contributed by atoms with Crippen LogP contribution in [0.4, 0.5) is 0 Å². The van der Waals surface area contributed by atoms with Crippen molar-refractivity contribution in [3.8, 4) is 17.5 Å². The fraction of sp³-hybridized carbons (Fsp3) is 0.125. The fourth-order valence-electron chi connectivity index (χ4n) is 2.30. The highest BCUT2D eigenvalue weighted by molar-refractivity contribution is 9.10. The van der Waals surface area contributed by atoms with Gasteiger partial charge >= 0.3 is 0 Å². The number of hydrogen-bond acceptors (Lipinski definition) is 2. The summed E-state index contributed by atoms with van der Waals surface area (Å²) < 4.78 is 3.12. The topological polar surface area (TPSA) is 41.6 Å². The summed E-state index contributed by atoms with van der Waals surface area (Å²) in [5.74, 6) is 0.908. The van der Waals surface area contributed by atoms with E-state index in [4.69, 9.17) is 5.26 Å². The minimum atomic E-state index is 0.652. The number of benzene rings is 2. The van der Waals surface area contributed by atoms with Crippen LogP contribution in [0.2, 0.25) is 0 Å². The van der Waals surface area contributed by atoms with Crippen LogP contribution in [0.1, 0.15) is 11.1 Å². The molecule has 0 amide bonds. The lowest BCUT2D eigenvalue weighted by Gasteiger charge is -2.05. The number of nitriles is 1. The number of imidazole rings is 1. The quantitative estimate of drug-likeness (QED) is 0.673. The minimum Gasteiger partial charge on any atom is -0.327 e. The second-order valence-corrected chi connectivity index (χ2v) is 5.63. The summed E-state index contributed by atoms with van der Waals surface area (Å²) in [6.45, 7) is 2.06. The van der Waals surface area contributed by atoms with Crippen LogP contribution in [-0.4, -0.2) is 9.55 Å². The van der Waals surface area contributed by atoms with Crippen LogP contribution in [0.25, 0.3) is 22.4 Å². The maximum Gasteiger partial charge on any atom is 0.140 e. The van der Waals surface area contributed by atoms with E-state index in [1.807, 2.05) is 35.9 Å². The van der Waals surface area contributed by atoms with Crippen molar-refractivity contribution in [2.24, 2.45) is 7.05 Å². The van der Waals surface area contributed by atoms with Crippen LogP contribution in [0.3, 0.4) is 0 Å². The molecule has 1 aromatic heterocycles. The fourth-order valence-corrected chi connectivity index (χ4v) is 2.55. The van der Waals surface area contributed by atoms with Crippen molar-refractivity contribution in [1.29, 1.82) is 5.26 Å². The molecule has 0 atom stereocenters. The van der Waals surface area contributed by atoms with Gasteiger partial charge in [0.05, 0.1) is 22.7 Å². The molecule has 4 heteroatoms. The van der Waals surface area contributed by atoms with Gasteiger partial charge in [0.15, 0.2) is 0 Å². The number of aromatic nitrogens is 2. The Bertz CT molecular complexity index is 856. The smallest absolute Gasteiger partial charge is 0.140 e. The molecule has 3 aromatic rings. The number of nitrogens with zero attached hydrogens (tertiary/aromatic N) is 3. The molecule has 0 N–H and O–H groups in total. The summed E-state index contributed by atoms with van der Waals surface area (Å²) >= 11 is 3.51. The second kappa shape index (κ2) is 4.77. The molecule has 2 aromatic carbocycles. The van der Waals surface area contributed by atoms with E-state index in [0.29, 0.717) is 5.56 Å². The van der Waals surface area contributed by atoms with E-state index in [2.05, 4.69) is 40.0 Å². The SMILES string of the molecule is Cc1cc(-c2nc3ccc(C#N)cc3n2C)ccc1Br. The van der Waals surface area contributed by atoms with Crippen LogP contribution < -0.4 is 0 Å². The van der Waals surface area contributed by atoms with E-state index in [1.165, 1.54) is 5.56 Å². The monoisotopic (exact) mass is 325 g/mol. The van der Waals surface area contributed by atoms with Crippen molar-refractivity contribution in [1.82, 2.24) is 9.55 Å². The number of aryl methyl sites for hydroxylation is 2. The van der Waals surface area contributed by atoms with E-state index in [0.717, 1.165) is 26.9 Å². The van der Waals surface area contributed by atoms with Gasteiger partial charge in [-0.2, -0.15) is 5.26 Å². The maximum atomic E-state index is 8.99. The van der Waals surface area contributed by atoms with Crippen LogP contribution in [0.5, 0.6) is 0 Å². The first kappa shape index (κ1) is 12.9. The molecule has 0 aliphatic carbocycles. The van der Waals surface area contributed by atoms with E-state index < -0.39 is 0 Å². The van der Waals surface area contributed by atoms with E-state index in [-0.39, 0.29) is 0 Å². The molecule has 1 heterocycles. The molecule has 3 nitrogen and oxygen atoms in total. The molecule has 0 aliphatic rings. The van der Waals surface area contributed by atoms with Gasteiger partial charge in [-0.3, -0.25) is 0 Å². The zero-order valence-corrected chi connectivity index (χ0v) is 12.8. The van der Waals surface area contributed by atoms with E-state index >= 15 is 0 Å². The van der Waals surface area contributed by atoms with Crippen LogP contribution in [-0.2, 0) is 7.05 Å². The average molecular weight is 326 g/mol. The van der Waals surface area contributed by atoms with E-state index in [9.17, 15) is 0 Å². The van der Waals surface area contributed by atoms with E-state index in [1.54, 1.807) is 6.07 Å². The van der Waals surface area contributed by atoms with Gasteiger partial charge in [0, 0.05) is 17.1 Å². The summed E-state index contributed by atoms with van der Waals surface area (Å²) in [4.78, 5) is 4.67. The van der Waals surface area contributed by atoms with Gasteiger partial charge in [0.1, 0.15) is 5.82 Å². The molecule has 20 heavy (non-hydrogen) atoms. The van der Waals surface area contributed by atoms with Crippen molar-refractivity contribution in [3.05, 3.63) is 52.0 Å². The number of hydrogen-bond donors (Lipinski definition) is 0. The summed E-state index contributed by atoms with van der Waals surface area (Å²) in [6.07, 6.45) is 0. The number of halogens is 1. The lowest BCUT2D eigenvalue weighted by molar-refractivity contribution is 0.958. The van der Waals surface area contributed by atoms with Gasteiger partial charge in [-0.25, -0.2) is 4.98 Å². The predicted octanol–water partition coefficient (Wildman–Crippen LogP) is 4.18. The van der Waals surface area contributed by atoms with Crippen LogP contribution in [0.15, 0.2) is 40.9 Å². The minimum absolute atomic E-state index is 0.652.